The van der Waals surface area contributed by atoms with Crippen molar-refractivity contribution in [2.75, 3.05) is 6.61 Å². The Labute approximate surface area is 61.0 Å². The van der Waals surface area contributed by atoms with Crippen molar-refractivity contribution in [1.29, 1.82) is 0 Å². The predicted molar refractivity (Wildman–Crippen MR) is 37.5 cm³/mol. The summed E-state index contributed by atoms with van der Waals surface area (Å²) in [5.41, 5.74) is 0. The van der Waals surface area contributed by atoms with Crippen molar-refractivity contribution in [3.63, 3.8) is 0 Å². The van der Waals surface area contributed by atoms with Crippen LogP contribution < -0.4 is 0 Å². The van der Waals surface area contributed by atoms with Crippen molar-refractivity contribution >= 4 is 5.97 Å². The summed E-state index contributed by atoms with van der Waals surface area (Å²) in [5.74, 6) is -0.208. The molecule has 0 heterocycles. The largest absolute Gasteiger partial charge is 0.466 e. The van der Waals surface area contributed by atoms with Crippen molar-refractivity contribution in [2.45, 2.75) is 32.8 Å². The molecule has 0 aromatic rings. The third-order valence-corrected chi connectivity index (χ3v) is 1.09. The van der Waals surface area contributed by atoms with Crippen LogP contribution in [0.25, 0.3) is 0 Å². The molecule has 0 aromatic carbocycles. The van der Waals surface area contributed by atoms with Crippen LogP contribution in [0.2, 0.25) is 0 Å². The van der Waals surface area contributed by atoms with Gasteiger partial charge in [0.15, 0.2) is 0 Å². The van der Waals surface area contributed by atoms with E-state index in [-0.39, 0.29) is 12.1 Å². The van der Waals surface area contributed by atoms with Crippen LogP contribution >= 0.6 is 0 Å². The molecule has 0 aromatic heterocycles. The number of hydrogen-bond acceptors (Lipinski definition) is 3. The van der Waals surface area contributed by atoms with E-state index in [2.05, 4.69) is 0 Å². The van der Waals surface area contributed by atoms with Crippen molar-refractivity contribution in [3.8, 4) is 0 Å². The predicted octanol–water partition coefficient (Wildman–Crippen LogP) is 0.710. The van der Waals surface area contributed by atoms with E-state index >= 15 is 0 Å². The monoisotopic (exact) mass is 146 g/mol. The molecule has 0 fully saturated rings. The summed E-state index contributed by atoms with van der Waals surface area (Å²) >= 11 is 0. The summed E-state index contributed by atoms with van der Waals surface area (Å²) in [6.45, 7) is 3.73. The zero-order valence-corrected chi connectivity index (χ0v) is 6.46. The van der Waals surface area contributed by atoms with E-state index in [1.54, 1.807) is 13.8 Å². The van der Waals surface area contributed by atoms with Gasteiger partial charge in [-0.25, -0.2) is 0 Å². The molecule has 0 rings (SSSR count). The van der Waals surface area contributed by atoms with Crippen molar-refractivity contribution < 1.29 is 14.6 Å². The van der Waals surface area contributed by atoms with E-state index in [9.17, 15) is 4.79 Å². The van der Waals surface area contributed by atoms with Gasteiger partial charge in [-0.3, -0.25) is 4.79 Å². The molecule has 10 heavy (non-hydrogen) atoms. The average Bonchev–Trinajstić information content (AvgIpc) is 1.87. The van der Waals surface area contributed by atoms with Gasteiger partial charge in [-0.2, -0.15) is 0 Å². The van der Waals surface area contributed by atoms with Crippen LogP contribution in [-0.4, -0.2) is 23.8 Å². The molecule has 0 radical (unpaired) electrons. The number of rotatable bonds is 4. The summed E-state index contributed by atoms with van der Waals surface area (Å²) in [4.78, 5) is 10.5. The Morgan fingerprint density at radius 3 is 2.70 bits per heavy atom. The lowest BCUT2D eigenvalue weighted by atomic mass is 10.3. The van der Waals surface area contributed by atoms with E-state index in [1.807, 2.05) is 0 Å². The molecule has 60 valence electrons. The maximum absolute atomic E-state index is 10.5. The Bertz CT molecular complexity index is 99.0. The fourth-order valence-corrected chi connectivity index (χ4v) is 0.445. The molecular weight excluding hydrogens is 132 g/mol. The highest BCUT2D eigenvalue weighted by Crippen LogP contribution is 1.91. The molecule has 1 N–H and O–H groups in total. The van der Waals surface area contributed by atoms with Gasteiger partial charge in [-0.05, 0) is 6.92 Å². The molecular formula is C7H14O3. The highest BCUT2D eigenvalue weighted by atomic mass is 16.5. The van der Waals surface area contributed by atoms with Gasteiger partial charge in [0.2, 0.25) is 0 Å². The number of esters is 1. The number of ether oxygens (including phenoxy) is 1. The molecule has 0 amide bonds. The molecule has 0 aliphatic heterocycles. The summed E-state index contributed by atoms with van der Waals surface area (Å²) in [6, 6.07) is 0. The number of aliphatic hydroxyl groups is 1. The Kier molecular flexibility index (Phi) is 4.94. The second-order valence-corrected chi connectivity index (χ2v) is 2.21. The number of aliphatic hydroxyl groups excluding tert-OH is 1. The standard InChI is InChI=1S/C7H14O3/c1-3-7(9)10-5-4-6(2)8/h6,8H,3-5H2,1-2H3/t6-/m1/s1. The first-order valence-corrected chi connectivity index (χ1v) is 3.50. The molecule has 0 aliphatic carbocycles. The molecule has 3 nitrogen and oxygen atoms in total. The Morgan fingerprint density at radius 1 is 1.70 bits per heavy atom. The van der Waals surface area contributed by atoms with E-state index < -0.39 is 0 Å². The van der Waals surface area contributed by atoms with E-state index in [0.717, 1.165) is 0 Å². The van der Waals surface area contributed by atoms with Gasteiger partial charge < -0.3 is 9.84 Å². The quantitative estimate of drug-likeness (QED) is 0.594. The van der Waals surface area contributed by atoms with Crippen LogP contribution in [0.5, 0.6) is 0 Å². The van der Waals surface area contributed by atoms with Crippen LogP contribution in [0.1, 0.15) is 26.7 Å². The minimum Gasteiger partial charge on any atom is -0.466 e. The first kappa shape index (κ1) is 9.43. The third-order valence-electron chi connectivity index (χ3n) is 1.09. The molecule has 0 bridgehead atoms. The van der Waals surface area contributed by atoms with Crippen LogP contribution in [0.4, 0.5) is 0 Å². The average molecular weight is 146 g/mol. The summed E-state index contributed by atoms with van der Waals surface area (Å²) in [7, 11) is 0. The SMILES string of the molecule is CCC(=O)OCC[C@@H](C)O. The molecule has 0 unspecified atom stereocenters. The Hall–Kier alpha value is -0.570. The highest BCUT2D eigenvalue weighted by molar-refractivity contribution is 5.68. The first-order valence-electron chi connectivity index (χ1n) is 3.50. The maximum Gasteiger partial charge on any atom is 0.305 e. The molecule has 1 atom stereocenters. The van der Waals surface area contributed by atoms with Gasteiger partial charge >= 0.3 is 5.97 Å². The number of carbonyl (C=O) groups excluding carboxylic acids is 1. The fourth-order valence-electron chi connectivity index (χ4n) is 0.445. The van der Waals surface area contributed by atoms with Crippen LogP contribution in [-0.2, 0) is 9.53 Å². The summed E-state index contributed by atoms with van der Waals surface area (Å²) in [5, 5.41) is 8.75. The smallest absolute Gasteiger partial charge is 0.305 e. The van der Waals surface area contributed by atoms with E-state index in [1.165, 1.54) is 0 Å². The third kappa shape index (κ3) is 5.56. The van der Waals surface area contributed by atoms with E-state index in [0.29, 0.717) is 19.4 Å². The lowest BCUT2D eigenvalue weighted by molar-refractivity contribution is -0.143. The summed E-state index contributed by atoms with van der Waals surface area (Å²) < 4.78 is 4.70. The number of carbonyl (C=O) groups is 1. The maximum atomic E-state index is 10.5. The molecule has 0 aliphatic rings. The van der Waals surface area contributed by atoms with Crippen molar-refractivity contribution in [2.24, 2.45) is 0 Å². The molecule has 0 saturated heterocycles. The Morgan fingerprint density at radius 2 is 2.30 bits per heavy atom. The fraction of sp³-hybridized carbons (Fsp3) is 0.857. The van der Waals surface area contributed by atoms with E-state index in [4.69, 9.17) is 9.84 Å². The van der Waals surface area contributed by atoms with Gasteiger partial charge in [-0.1, -0.05) is 6.92 Å². The minimum atomic E-state index is -0.385. The van der Waals surface area contributed by atoms with Gasteiger partial charge in [0, 0.05) is 12.8 Å². The van der Waals surface area contributed by atoms with Gasteiger partial charge in [-0.15, -0.1) is 0 Å². The molecule has 0 saturated carbocycles. The van der Waals surface area contributed by atoms with Gasteiger partial charge in [0.05, 0.1) is 12.7 Å². The van der Waals surface area contributed by atoms with Crippen LogP contribution in [0, 0.1) is 0 Å². The summed E-state index contributed by atoms with van der Waals surface area (Å²) in [6.07, 6.45) is 0.538. The highest BCUT2D eigenvalue weighted by Gasteiger charge is 1.99. The second-order valence-electron chi connectivity index (χ2n) is 2.21. The second kappa shape index (κ2) is 5.23. The zero-order chi connectivity index (χ0) is 7.98. The Balaban J connectivity index is 3.12. The number of hydrogen-bond donors (Lipinski definition) is 1. The normalized spacial score (nSPS) is 12.7. The van der Waals surface area contributed by atoms with Crippen molar-refractivity contribution in [1.82, 2.24) is 0 Å². The topological polar surface area (TPSA) is 46.5 Å². The van der Waals surface area contributed by atoms with Crippen molar-refractivity contribution in [3.05, 3.63) is 0 Å². The minimum absolute atomic E-state index is 0.208. The molecule has 3 heteroatoms. The lowest BCUT2D eigenvalue weighted by Gasteiger charge is -2.03. The van der Waals surface area contributed by atoms with Crippen LogP contribution in [0.15, 0.2) is 0 Å². The first-order chi connectivity index (χ1) is 4.66. The zero-order valence-electron chi connectivity index (χ0n) is 6.46. The van der Waals surface area contributed by atoms with Gasteiger partial charge in [0.25, 0.3) is 0 Å². The lowest BCUT2D eigenvalue weighted by Crippen LogP contribution is -2.09. The molecule has 0 spiro atoms. The van der Waals surface area contributed by atoms with Gasteiger partial charge in [0.1, 0.15) is 0 Å². The van der Waals surface area contributed by atoms with Crippen LogP contribution in [0.3, 0.4) is 0 Å².